The number of furan rings is 1. The molecule has 0 spiro atoms. The van der Waals surface area contributed by atoms with Crippen molar-refractivity contribution in [3.63, 3.8) is 0 Å². The van der Waals surface area contributed by atoms with Gasteiger partial charge in [0.2, 0.25) is 0 Å². The van der Waals surface area contributed by atoms with Crippen molar-refractivity contribution in [2.24, 2.45) is 11.7 Å². The second-order valence-electron chi connectivity index (χ2n) is 4.80. The SMILES string of the molecule is COC(=O)c1cc(CN2CCC(CN)C2)oc1C.Cl. The van der Waals surface area contributed by atoms with E-state index in [2.05, 4.69) is 4.90 Å². The van der Waals surface area contributed by atoms with Crippen molar-refractivity contribution in [2.75, 3.05) is 26.7 Å². The van der Waals surface area contributed by atoms with Crippen molar-refractivity contribution in [2.45, 2.75) is 19.9 Å². The lowest BCUT2D eigenvalue weighted by atomic mass is 10.1. The molecule has 6 heteroatoms. The molecule has 1 atom stereocenters. The second kappa shape index (κ2) is 6.93. The Balaban J connectivity index is 0.00000180. The van der Waals surface area contributed by atoms with Crippen molar-refractivity contribution < 1.29 is 13.9 Å². The smallest absolute Gasteiger partial charge is 0.341 e. The molecule has 5 nitrogen and oxygen atoms in total. The van der Waals surface area contributed by atoms with E-state index in [9.17, 15) is 4.79 Å². The Hall–Kier alpha value is -1.04. The van der Waals surface area contributed by atoms with Crippen LogP contribution in [0.1, 0.15) is 28.3 Å². The molecule has 2 N–H and O–H groups in total. The van der Waals surface area contributed by atoms with Crippen LogP contribution in [0.15, 0.2) is 10.5 Å². The van der Waals surface area contributed by atoms with Gasteiger partial charge >= 0.3 is 5.97 Å². The van der Waals surface area contributed by atoms with E-state index in [1.807, 2.05) is 0 Å². The number of hydrogen-bond donors (Lipinski definition) is 1. The number of ether oxygens (including phenoxy) is 1. The van der Waals surface area contributed by atoms with E-state index in [-0.39, 0.29) is 18.4 Å². The summed E-state index contributed by atoms with van der Waals surface area (Å²) in [6, 6.07) is 1.77. The summed E-state index contributed by atoms with van der Waals surface area (Å²) in [6.07, 6.45) is 1.14. The molecule has 0 bridgehead atoms. The van der Waals surface area contributed by atoms with E-state index < -0.39 is 0 Å². The molecule has 0 amide bonds. The van der Waals surface area contributed by atoms with E-state index in [0.717, 1.165) is 38.4 Å². The Morgan fingerprint density at radius 2 is 2.37 bits per heavy atom. The van der Waals surface area contributed by atoms with Crippen LogP contribution < -0.4 is 5.73 Å². The highest BCUT2D eigenvalue weighted by Crippen LogP contribution is 2.21. The van der Waals surface area contributed by atoms with Gasteiger partial charge in [-0.05, 0) is 38.4 Å². The molecule has 0 saturated carbocycles. The van der Waals surface area contributed by atoms with Crippen LogP contribution in [0.3, 0.4) is 0 Å². The predicted molar refractivity (Wildman–Crippen MR) is 74.5 cm³/mol. The molecule has 0 radical (unpaired) electrons. The zero-order chi connectivity index (χ0) is 13.1. The number of carbonyl (C=O) groups is 1. The molecule has 1 aliphatic heterocycles. The zero-order valence-corrected chi connectivity index (χ0v) is 12.2. The Kier molecular flexibility index (Phi) is 5.85. The summed E-state index contributed by atoms with van der Waals surface area (Å²) < 4.78 is 10.3. The van der Waals surface area contributed by atoms with Gasteiger partial charge in [0.05, 0.1) is 13.7 Å². The minimum Gasteiger partial charge on any atom is -0.465 e. The fourth-order valence-corrected chi connectivity index (χ4v) is 2.40. The Morgan fingerprint density at radius 3 is 2.95 bits per heavy atom. The number of hydrogen-bond acceptors (Lipinski definition) is 5. The van der Waals surface area contributed by atoms with Gasteiger partial charge in [0, 0.05) is 6.54 Å². The number of carbonyl (C=O) groups excluding carboxylic acids is 1. The quantitative estimate of drug-likeness (QED) is 0.852. The fraction of sp³-hybridized carbons (Fsp3) is 0.615. The first-order valence-electron chi connectivity index (χ1n) is 6.24. The molecule has 1 aromatic rings. The highest BCUT2D eigenvalue weighted by Gasteiger charge is 2.23. The maximum atomic E-state index is 11.5. The number of methoxy groups -OCH3 is 1. The van der Waals surface area contributed by atoms with Crippen LogP contribution in [0, 0.1) is 12.8 Å². The molecule has 1 aromatic heterocycles. The normalized spacial score (nSPS) is 19.2. The Morgan fingerprint density at radius 1 is 1.63 bits per heavy atom. The third-order valence-corrected chi connectivity index (χ3v) is 3.46. The average Bonchev–Trinajstić information content (AvgIpc) is 2.95. The lowest BCUT2D eigenvalue weighted by Crippen LogP contribution is -2.22. The number of esters is 1. The summed E-state index contributed by atoms with van der Waals surface area (Å²) in [4.78, 5) is 13.8. The van der Waals surface area contributed by atoms with Gasteiger partial charge in [-0.1, -0.05) is 0 Å². The van der Waals surface area contributed by atoms with Crippen molar-refractivity contribution in [1.29, 1.82) is 0 Å². The van der Waals surface area contributed by atoms with Crippen LogP contribution in [-0.2, 0) is 11.3 Å². The van der Waals surface area contributed by atoms with E-state index in [1.54, 1.807) is 13.0 Å². The van der Waals surface area contributed by atoms with Gasteiger partial charge in [-0.2, -0.15) is 0 Å². The van der Waals surface area contributed by atoms with Crippen LogP contribution in [0.2, 0.25) is 0 Å². The fourth-order valence-electron chi connectivity index (χ4n) is 2.40. The number of likely N-dealkylation sites (tertiary alicyclic amines) is 1. The highest BCUT2D eigenvalue weighted by molar-refractivity contribution is 5.90. The molecule has 108 valence electrons. The van der Waals surface area contributed by atoms with Crippen molar-refractivity contribution in [3.8, 4) is 0 Å². The van der Waals surface area contributed by atoms with E-state index in [1.165, 1.54) is 7.11 Å². The number of nitrogens with zero attached hydrogens (tertiary/aromatic N) is 1. The summed E-state index contributed by atoms with van der Waals surface area (Å²) >= 11 is 0. The Labute approximate surface area is 119 Å². The first kappa shape index (κ1) is 16.0. The minimum atomic E-state index is -0.344. The molecule has 0 aromatic carbocycles. The summed E-state index contributed by atoms with van der Waals surface area (Å²) in [6.45, 7) is 5.29. The van der Waals surface area contributed by atoms with Crippen molar-refractivity contribution >= 4 is 18.4 Å². The molecule has 2 rings (SSSR count). The monoisotopic (exact) mass is 288 g/mol. The summed E-state index contributed by atoms with van der Waals surface area (Å²) in [5, 5.41) is 0. The zero-order valence-electron chi connectivity index (χ0n) is 11.3. The third-order valence-electron chi connectivity index (χ3n) is 3.46. The second-order valence-corrected chi connectivity index (χ2v) is 4.80. The lowest BCUT2D eigenvalue weighted by Gasteiger charge is -2.13. The van der Waals surface area contributed by atoms with Crippen LogP contribution in [0.25, 0.3) is 0 Å². The van der Waals surface area contributed by atoms with Gasteiger partial charge in [-0.25, -0.2) is 4.79 Å². The van der Waals surface area contributed by atoms with Crippen LogP contribution in [-0.4, -0.2) is 37.6 Å². The van der Waals surface area contributed by atoms with E-state index in [0.29, 0.717) is 17.2 Å². The first-order chi connectivity index (χ1) is 8.63. The molecule has 2 heterocycles. The number of rotatable bonds is 4. The van der Waals surface area contributed by atoms with Gasteiger partial charge in [-0.3, -0.25) is 4.90 Å². The number of nitrogens with two attached hydrogens (primary N) is 1. The summed E-state index contributed by atoms with van der Waals surface area (Å²) in [5.41, 5.74) is 6.18. The van der Waals surface area contributed by atoms with Gasteiger partial charge in [0.15, 0.2) is 0 Å². The largest absolute Gasteiger partial charge is 0.465 e. The predicted octanol–water partition coefficient (Wildman–Crippen LogP) is 1.58. The molecule has 1 unspecified atom stereocenters. The van der Waals surface area contributed by atoms with E-state index in [4.69, 9.17) is 14.9 Å². The topological polar surface area (TPSA) is 68.7 Å². The van der Waals surface area contributed by atoms with Gasteiger partial charge in [0.1, 0.15) is 17.1 Å². The molecule has 1 saturated heterocycles. The van der Waals surface area contributed by atoms with E-state index >= 15 is 0 Å². The molecule has 1 aliphatic rings. The Bertz CT molecular complexity index is 434. The highest BCUT2D eigenvalue weighted by atomic mass is 35.5. The van der Waals surface area contributed by atoms with Crippen molar-refractivity contribution in [1.82, 2.24) is 4.90 Å². The van der Waals surface area contributed by atoms with Crippen LogP contribution >= 0.6 is 12.4 Å². The first-order valence-corrected chi connectivity index (χ1v) is 6.24. The average molecular weight is 289 g/mol. The summed E-state index contributed by atoms with van der Waals surface area (Å²) in [5.74, 6) is 1.67. The third kappa shape index (κ3) is 3.72. The van der Waals surface area contributed by atoms with Crippen LogP contribution in [0.4, 0.5) is 0 Å². The van der Waals surface area contributed by atoms with Crippen LogP contribution in [0.5, 0.6) is 0 Å². The molecular weight excluding hydrogens is 268 g/mol. The minimum absolute atomic E-state index is 0. The molecular formula is C13H21ClN2O3. The van der Waals surface area contributed by atoms with Gasteiger partial charge in [0.25, 0.3) is 0 Å². The molecule has 1 fully saturated rings. The van der Waals surface area contributed by atoms with Gasteiger partial charge in [-0.15, -0.1) is 12.4 Å². The lowest BCUT2D eigenvalue weighted by molar-refractivity contribution is 0.0599. The number of halogens is 1. The maximum absolute atomic E-state index is 11.5. The standard InChI is InChI=1S/C13H20N2O3.ClH/c1-9-12(13(16)17-2)5-11(18-9)8-15-4-3-10(6-14)7-15;/h5,10H,3-4,6-8,14H2,1-2H3;1H. The maximum Gasteiger partial charge on any atom is 0.341 e. The van der Waals surface area contributed by atoms with Crippen molar-refractivity contribution in [3.05, 3.63) is 23.2 Å². The van der Waals surface area contributed by atoms with Gasteiger partial charge < -0.3 is 14.9 Å². The molecule has 19 heavy (non-hydrogen) atoms. The number of aryl methyl sites for hydroxylation is 1. The summed E-state index contributed by atoms with van der Waals surface area (Å²) in [7, 11) is 1.38. The molecule has 0 aliphatic carbocycles.